The van der Waals surface area contributed by atoms with E-state index < -0.39 is 0 Å². The van der Waals surface area contributed by atoms with Gasteiger partial charge < -0.3 is 15.4 Å². The number of hydrogen-bond acceptors (Lipinski definition) is 5. The molecule has 0 fully saturated rings. The Hall–Kier alpha value is -3.41. The van der Waals surface area contributed by atoms with Crippen LogP contribution in [0.2, 0.25) is 0 Å². The average Bonchev–Trinajstić information content (AvgIpc) is 2.73. The Bertz CT molecular complexity index is 850. The summed E-state index contributed by atoms with van der Waals surface area (Å²) >= 11 is 0. The van der Waals surface area contributed by atoms with Gasteiger partial charge in [-0.1, -0.05) is 37.3 Å². The second-order valence-corrected chi connectivity index (χ2v) is 5.98. The summed E-state index contributed by atoms with van der Waals surface area (Å²) in [5.74, 6) is 1.10. The van der Waals surface area contributed by atoms with E-state index in [-0.39, 0.29) is 11.6 Å². The zero-order valence-electron chi connectivity index (χ0n) is 15.2. The lowest BCUT2D eigenvalue weighted by molar-refractivity contribution is 0.102. The van der Waals surface area contributed by atoms with E-state index in [9.17, 15) is 4.79 Å². The van der Waals surface area contributed by atoms with Crippen molar-refractivity contribution in [1.82, 2.24) is 10.2 Å². The highest BCUT2D eigenvalue weighted by molar-refractivity contribution is 6.02. The van der Waals surface area contributed by atoms with Crippen LogP contribution in [0.1, 0.15) is 29.4 Å². The molecule has 0 bridgehead atoms. The molecule has 6 nitrogen and oxygen atoms in total. The molecule has 3 rings (SSSR count). The van der Waals surface area contributed by atoms with Crippen LogP contribution in [0, 0.1) is 0 Å². The number of nitrogens with zero attached hydrogens (tertiary/aromatic N) is 2. The number of benzene rings is 2. The summed E-state index contributed by atoms with van der Waals surface area (Å²) < 4.78 is 5.74. The van der Waals surface area contributed by atoms with Crippen molar-refractivity contribution in [2.24, 2.45) is 0 Å². The minimum absolute atomic E-state index is 0.265. The lowest BCUT2D eigenvalue weighted by Gasteiger charge is -2.08. The van der Waals surface area contributed by atoms with Crippen molar-refractivity contribution >= 4 is 17.4 Å². The maximum atomic E-state index is 12.3. The highest BCUT2D eigenvalue weighted by Crippen LogP contribution is 2.17. The van der Waals surface area contributed by atoms with E-state index in [0.717, 1.165) is 24.3 Å². The molecule has 2 aromatic carbocycles. The monoisotopic (exact) mass is 362 g/mol. The fourth-order valence-electron chi connectivity index (χ4n) is 2.37. The van der Waals surface area contributed by atoms with Crippen LogP contribution in [0.15, 0.2) is 66.7 Å². The van der Waals surface area contributed by atoms with Gasteiger partial charge in [-0.05, 0) is 48.4 Å². The Morgan fingerprint density at radius 3 is 2.41 bits per heavy atom. The molecule has 0 atom stereocenters. The predicted molar refractivity (Wildman–Crippen MR) is 106 cm³/mol. The third-order valence-corrected chi connectivity index (χ3v) is 3.81. The van der Waals surface area contributed by atoms with Crippen LogP contribution in [0.3, 0.4) is 0 Å². The number of nitrogens with one attached hydrogen (secondary N) is 2. The van der Waals surface area contributed by atoms with Crippen molar-refractivity contribution in [3.63, 3.8) is 0 Å². The second-order valence-electron chi connectivity index (χ2n) is 5.98. The number of amides is 1. The van der Waals surface area contributed by atoms with Crippen LogP contribution in [-0.4, -0.2) is 22.6 Å². The third kappa shape index (κ3) is 5.54. The maximum absolute atomic E-state index is 12.3. The molecule has 2 N–H and O–H groups in total. The van der Waals surface area contributed by atoms with E-state index in [1.807, 2.05) is 42.5 Å². The number of carbonyl (C=O) groups excluding carboxylic acids is 1. The Morgan fingerprint density at radius 2 is 1.74 bits per heavy atom. The number of anilines is 2. The topological polar surface area (TPSA) is 76.1 Å². The standard InChI is InChI=1S/C21H22N4O2/c1-2-14-22-20-13-12-19(24-25-20)21(26)23-17-8-10-18(11-9-17)27-15-16-6-4-3-5-7-16/h3-13H,2,14-15H2,1H3,(H,22,25)(H,23,26). The van der Waals surface area contributed by atoms with E-state index in [0.29, 0.717) is 18.1 Å². The first-order valence-electron chi connectivity index (χ1n) is 8.90. The maximum Gasteiger partial charge on any atom is 0.276 e. The lowest BCUT2D eigenvalue weighted by atomic mass is 10.2. The summed E-state index contributed by atoms with van der Waals surface area (Å²) in [4.78, 5) is 12.3. The minimum Gasteiger partial charge on any atom is -0.489 e. The number of aromatic nitrogens is 2. The Balaban J connectivity index is 1.53. The molecule has 0 unspecified atom stereocenters. The molecular weight excluding hydrogens is 340 g/mol. The Morgan fingerprint density at radius 1 is 0.963 bits per heavy atom. The summed E-state index contributed by atoms with van der Waals surface area (Å²) in [5.41, 5.74) is 2.04. The molecule has 1 heterocycles. The quantitative estimate of drug-likeness (QED) is 0.630. The molecule has 138 valence electrons. The van der Waals surface area contributed by atoms with Crippen molar-refractivity contribution in [2.75, 3.05) is 17.2 Å². The van der Waals surface area contributed by atoms with Gasteiger partial charge in [0, 0.05) is 12.2 Å². The van der Waals surface area contributed by atoms with E-state index >= 15 is 0 Å². The smallest absolute Gasteiger partial charge is 0.276 e. The van der Waals surface area contributed by atoms with E-state index in [1.165, 1.54) is 0 Å². The Labute approximate surface area is 158 Å². The molecule has 0 saturated heterocycles. The second kappa shape index (κ2) is 9.33. The molecule has 6 heteroatoms. The van der Waals surface area contributed by atoms with Crippen LogP contribution >= 0.6 is 0 Å². The fourth-order valence-corrected chi connectivity index (χ4v) is 2.37. The van der Waals surface area contributed by atoms with Gasteiger partial charge in [0.2, 0.25) is 0 Å². The van der Waals surface area contributed by atoms with Crippen LogP contribution in [0.25, 0.3) is 0 Å². The first-order chi connectivity index (χ1) is 13.2. The molecule has 0 radical (unpaired) electrons. The molecule has 3 aromatic rings. The van der Waals surface area contributed by atoms with Gasteiger partial charge in [-0.15, -0.1) is 10.2 Å². The van der Waals surface area contributed by atoms with Gasteiger partial charge in [0.25, 0.3) is 5.91 Å². The van der Waals surface area contributed by atoms with Crippen LogP contribution in [0.5, 0.6) is 5.75 Å². The van der Waals surface area contributed by atoms with Gasteiger partial charge in [0.1, 0.15) is 18.2 Å². The van der Waals surface area contributed by atoms with Gasteiger partial charge >= 0.3 is 0 Å². The molecule has 0 spiro atoms. The van der Waals surface area contributed by atoms with Gasteiger partial charge in [0.15, 0.2) is 5.69 Å². The molecule has 0 aliphatic heterocycles. The highest BCUT2D eigenvalue weighted by atomic mass is 16.5. The van der Waals surface area contributed by atoms with Gasteiger partial charge in [0.05, 0.1) is 0 Å². The lowest BCUT2D eigenvalue weighted by Crippen LogP contribution is -2.15. The number of hydrogen-bond donors (Lipinski definition) is 2. The van der Waals surface area contributed by atoms with Gasteiger partial charge in [-0.25, -0.2) is 0 Å². The average molecular weight is 362 g/mol. The summed E-state index contributed by atoms with van der Waals surface area (Å²) in [7, 11) is 0. The van der Waals surface area contributed by atoms with Crippen LogP contribution in [0.4, 0.5) is 11.5 Å². The van der Waals surface area contributed by atoms with Crippen molar-refractivity contribution in [3.05, 3.63) is 78.0 Å². The first-order valence-corrected chi connectivity index (χ1v) is 8.90. The SMILES string of the molecule is CCCNc1ccc(C(=O)Nc2ccc(OCc3ccccc3)cc2)nn1. The molecule has 0 saturated carbocycles. The van der Waals surface area contributed by atoms with Crippen LogP contribution < -0.4 is 15.4 Å². The van der Waals surface area contributed by atoms with Crippen LogP contribution in [-0.2, 0) is 6.61 Å². The normalized spacial score (nSPS) is 10.3. The van der Waals surface area contributed by atoms with Crippen molar-refractivity contribution in [1.29, 1.82) is 0 Å². The van der Waals surface area contributed by atoms with E-state index in [4.69, 9.17) is 4.74 Å². The van der Waals surface area contributed by atoms with Gasteiger partial charge in [-0.3, -0.25) is 4.79 Å². The Kier molecular flexibility index (Phi) is 6.35. The third-order valence-electron chi connectivity index (χ3n) is 3.81. The largest absolute Gasteiger partial charge is 0.489 e. The summed E-state index contributed by atoms with van der Waals surface area (Å²) in [6.07, 6.45) is 0.995. The first kappa shape index (κ1) is 18.4. The van der Waals surface area contributed by atoms with Gasteiger partial charge in [-0.2, -0.15) is 0 Å². The van der Waals surface area contributed by atoms with E-state index in [1.54, 1.807) is 24.3 Å². The molecule has 27 heavy (non-hydrogen) atoms. The fraction of sp³-hybridized carbons (Fsp3) is 0.190. The highest BCUT2D eigenvalue weighted by Gasteiger charge is 2.09. The molecule has 0 aliphatic carbocycles. The molecule has 1 aromatic heterocycles. The minimum atomic E-state index is -0.303. The number of ether oxygens (including phenoxy) is 1. The molecule has 1 amide bonds. The summed E-state index contributed by atoms with van der Waals surface area (Å²) in [5, 5.41) is 13.9. The molecule has 0 aliphatic rings. The van der Waals surface area contributed by atoms with Crippen molar-refractivity contribution in [3.8, 4) is 5.75 Å². The zero-order chi connectivity index (χ0) is 18.9. The molecular formula is C21H22N4O2. The predicted octanol–water partition coefficient (Wildman–Crippen LogP) is 4.13. The zero-order valence-corrected chi connectivity index (χ0v) is 15.2. The van der Waals surface area contributed by atoms with Crippen molar-refractivity contribution < 1.29 is 9.53 Å². The number of carbonyl (C=O) groups is 1. The van der Waals surface area contributed by atoms with Crippen molar-refractivity contribution in [2.45, 2.75) is 20.0 Å². The van der Waals surface area contributed by atoms with E-state index in [2.05, 4.69) is 27.8 Å². The summed E-state index contributed by atoms with van der Waals surface area (Å²) in [6.45, 7) is 3.39. The summed E-state index contributed by atoms with van der Waals surface area (Å²) in [6, 6.07) is 20.6. The number of rotatable bonds is 8.